The van der Waals surface area contributed by atoms with E-state index in [9.17, 15) is 0 Å². The molecule has 1 unspecified atom stereocenters. The molecule has 0 fully saturated rings. The second-order valence-electron chi connectivity index (χ2n) is 2.10. The Bertz CT molecular complexity index is 121. The molecule has 0 aromatic carbocycles. The van der Waals surface area contributed by atoms with Crippen molar-refractivity contribution in [3.05, 3.63) is 0 Å². The highest BCUT2D eigenvalue weighted by Gasteiger charge is 1.93. The van der Waals surface area contributed by atoms with Gasteiger partial charge in [-0.25, -0.2) is 0 Å². The maximum atomic E-state index is 9.02. The van der Waals surface area contributed by atoms with Gasteiger partial charge in [-0.15, -0.1) is 0 Å². The zero-order chi connectivity index (χ0) is 7.82. The van der Waals surface area contributed by atoms with Crippen LogP contribution in [0.3, 0.4) is 0 Å². The van der Waals surface area contributed by atoms with Gasteiger partial charge in [0.05, 0.1) is 6.61 Å². The summed E-state index contributed by atoms with van der Waals surface area (Å²) in [6.07, 6.45) is 1.62. The summed E-state index contributed by atoms with van der Waals surface area (Å²) < 4.78 is 0. The van der Waals surface area contributed by atoms with E-state index >= 15 is 0 Å². The molecule has 2 N–H and O–H groups in total. The highest BCUT2D eigenvalue weighted by molar-refractivity contribution is 5.03. The second kappa shape index (κ2) is 6.60. The molecule has 0 saturated heterocycles. The number of hydrogen-bond donors (Lipinski definition) is 2. The molecule has 0 spiro atoms. The Balaban J connectivity index is 3.37. The summed E-state index contributed by atoms with van der Waals surface area (Å²) in [5.74, 6) is 5.30. The Morgan fingerprint density at radius 3 is 2.70 bits per heavy atom. The minimum absolute atomic E-state index is 0.0752. The largest absolute Gasteiger partial charge is 0.395 e. The molecule has 0 heterocycles. The lowest BCUT2D eigenvalue weighted by molar-refractivity contribution is 0.220. The number of rotatable bonds is 3. The van der Waals surface area contributed by atoms with Crippen LogP contribution in [0.15, 0.2) is 0 Å². The first-order valence-corrected chi connectivity index (χ1v) is 3.58. The third-order valence-corrected chi connectivity index (χ3v) is 1.07. The monoisotopic (exact) mass is 142 g/mol. The molecule has 0 aliphatic heterocycles. The Labute approximate surface area is 61.9 Å². The summed E-state index contributed by atoms with van der Waals surface area (Å²) in [4.78, 5) is 0. The number of hydrogen-bond acceptors (Lipinski definition) is 2. The molecule has 2 nitrogen and oxygen atoms in total. The quantitative estimate of drug-likeness (QED) is 0.564. The molecule has 0 saturated carbocycles. The van der Waals surface area contributed by atoms with E-state index in [2.05, 4.69) is 11.8 Å². The van der Waals surface area contributed by atoms with Gasteiger partial charge in [-0.2, -0.15) is 0 Å². The van der Waals surface area contributed by atoms with E-state index in [4.69, 9.17) is 10.2 Å². The highest BCUT2D eigenvalue weighted by Crippen LogP contribution is 1.92. The van der Waals surface area contributed by atoms with Gasteiger partial charge in [0.15, 0.2) is 0 Å². The van der Waals surface area contributed by atoms with Crippen molar-refractivity contribution in [2.24, 2.45) is 0 Å². The van der Waals surface area contributed by atoms with E-state index in [1.165, 1.54) is 0 Å². The fourth-order valence-electron chi connectivity index (χ4n) is 0.591. The summed E-state index contributed by atoms with van der Waals surface area (Å²) >= 11 is 0. The van der Waals surface area contributed by atoms with E-state index in [0.717, 1.165) is 12.8 Å². The van der Waals surface area contributed by atoms with Gasteiger partial charge in [-0.05, 0) is 6.42 Å². The number of aliphatic hydroxyl groups excluding tert-OH is 2. The van der Waals surface area contributed by atoms with Crippen molar-refractivity contribution >= 4 is 0 Å². The second-order valence-corrected chi connectivity index (χ2v) is 2.10. The predicted molar refractivity (Wildman–Crippen MR) is 40.4 cm³/mol. The minimum Gasteiger partial charge on any atom is -0.395 e. The van der Waals surface area contributed by atoms with Gasteiger partial charge in [-0.3, -0.25) is 0 Å². The van der Waals surface area contributed by atoms with E-state index in [0.29, 0.717) is 6.42 Å². The van der Waals surface area contributed by atoms with Crippen molar-refractivity contribution in [3.8, 4) is 11.8 Å². The van der Waals surface area contributed by atoms with Crippen molar-refractivity contribution in [1.29, 1.82) is 0 Å². The van der Waals surface area contributed by atoms with Gasteiger partial charge in [0.25, 0.3) is 0 Å². The molecule has 0 aliphatic rings. The topological polar surface area (TPSA) is 40.5 Å². The maximum Gasteiger partial charge on any atom is 0.114 e. The predicted octanol–water partition coefficient (Wildman–Crippen LogP) is 0.533. The summed E-state index contributed by atoms with van der Waals surface area (Å²) in [6, 6.07) is 0. The van der Waals surface area contributed by atoms with Crippen LogP contribution in [0.25, 0.3) is 0 Å². The molecule has 0 amide bonds. The number of aliphatic hydroxyl groups is 2. The summed E-state index contributed by atoms with van der Waals surface area (Å²) in [7, 11) is 0. The SMILES string of the molecule is CCCC(O)C#CCCO. The molecule has 0 rings (SSSR count). The fraction of sp³-hybridized carbons (Fsp3) is 0.750. The van der Waals surface area contributed by atoms with Gasteiger partial charge < -0.3 is 10.2 Å². The first kappa shape index (κ1) is 9.48. The summed E-state index contributed by atoms with van der Waals surface area (Å²) in [5.41, 5.74) is 0. The van der Waals surface area contributed by atoms with E-state index < -0.39 is 6.10 Å². The highest BCUT2D eigenvalue weighted by atomic mass is 16.3. The van der Waals surface area contributed by atoms with Crippen molar-refractivity contribution < 1.29 is 10.2 Å². The summed E-state index contributed by atoms with van der Waals surface area (Å²) in [5, 5.41) is 17.3. The minimum atomic E-state index is -0.503. The van der Waals surface area contributed by atoms with E-state index in [1.807, 2.05) is 6.92 Å². The Morgan fingerprint density at radius 1 is 1.50 bits per heavy atom. The van der Waals surface area contributed by atoms with Crippen molar-refractivity contribution in [2.75, 3.05) is 6.61 Å². The van der Waals surface area contributed by atoms with Gasteiger partial charge in [0.1, 0.15) is 6.10 Å². The Hall–Kier alpha value is -0.520. The van der Waals surface area contributed by atoms with E-state index in [-0.39, 0.29) is 6.61 Å². The van der Waals surface area contributed by atoms with Crippen molar-refractivity contribution in [1.82, 2.24) is 0 Å². The van der Waals surface area contributed by atoms with Crippen LogP contribution in [0.5, 0.6) is 0 Å². The van der Waals surface area contributed by atoms with Crippen LogP contribution in [0.1, 0.15) is 26.2 Å². The molecular formula is C8H14O2. The van der Waals surface area contributed by atoms with Gasteiger partial charge in [0, 0.05) is 6.42 Å². The van der Waals surface area contributed by atoms with Crippen molar-refractivity contribution in [3.63, 3.8) is 0 Å². The third kappa shape index (κ3) is 5.61. The molecule has 0 aliphatic carbocycles. The van der Waals surface area contributed by atoms with Crippen LogP contribution in [0, 0.1) is 11.8 Å². The van der Waals surface area contributed by atoms with Gasteiger partial charge in [-0.1, -0.05) is 25.2 Å². The van der Waals surface area contributed by atoms with E-state index in [1.54, 1.807) is 0 Å². The van der Waals surface area contributed by atoms with Crippen LogP contribution >= 0.6 is 0 Å². The third-order valence-electron chi connectivity index (χ3n) is 1.07. The molecule has 0 aromatic heterocycles. The first-order chi connectivity index (χ1) is 4.81. The zero-order valence-electron chi connectivity index (χ0n) is 6.30. The molecule has 2 heteroatoms. The lowest BCUT2D eigenvalue weighted by Crippen LogP contribution is -2.00. The molecule has 0 radical (unpaired) electrons. The van der Waals surface area contributed by atoms with Crippen LogP contribution in [-0.4, -0.2) is 22.9 Å². The van der Waals surface area contributed by atoms with Crippen LogP contribution in [0.2, 0.25) is 0 Å². The fourth-order valence-corrected chi connectivity index (χ4v) is 0.591. The zero-order valence-corrected chi connectivity index (χ0v) is 6.30. The lowest BCUT2D eigenvalue weighted by atomic mass is 10.2. The normalized spacial score (nSPS) is 11.9. The lowest BCUT2D eigenvalue weighted by Gasteiger charge is -1.96. The van der Waals surface area contributed by atoms with Crippen molar-refractivity contribution in [2.45, 2.75) is 32.3 Å². The molecular weight excluding hydrogens is 128 g/mol. The van der Waals surface area contributed by atoms with Gasteiger partial charge >= 0.3 is 0 Å². The van der Waals surface area contributed by atoms with Crippen LogP contribution in [-0.2, 0) is 0 Å². The standard InChI is InChI=1S/C8H14O2/c1-2-5-8(10)6-3-4-7-9/h8-10H,2,4-5,7H2,1H3. The Kier molecular flexibility index (Phi) is 6.25. The maximum absolute atomic E-state index is 9.02. The average molecular weight is 142 g/mol. The van der Waals surface area contributed by atoms with Crippen LogP contribution in [0.4, 0.5) is 0 Å². The van der Waals surface area contributed by atoms with Crippen LogP contribution < -0.4 is 0 Å². The molecule has 10 heavy (non-hydrogen) atoms. The molecule has 0 aromatic rings. The van der Waals surface area contributed by atoms with Gasteiger partial charge in [0.2, 0.25) is 0 Å². The molecule has 58 valence electrons. The molecule has 0 bridgehead atoms. The first-order valence-electron chi connectivity index (χ1n) is 3.58. The average Bonchev–Trinajstić information content (AvgIpc) is 1.89. The smallest absolute Gasteiger partial charge is 0.114 e. The molecule has 1 atom stereocenters. The summed E-state index contributed by atoms with van der Waals surface area (Å²) in [6.45, 7) is 2.07. The Morgan fingerprint density at radius 2 is 2.20 bits per heavy atom.